The molecule has 0 aliphatic rings. The molecule has 0 saturated carbocycles. The number of pyridine rings is 1. The first-order valence-electron chi connectivity index (χ1n) is 10.9. The van der Waals surface area contributed by atoms with Gasteiger partial charge in [-0.1, -0.05) is 63.2 Å². The normalized spacial score (nSPS) is 11.1. The highest BCUT2D eigenvalue weighted by Gasteiger charge is 2.20. The van der Waals surface area contributed by atoms with Gasteiger partial charge in [-0.2, -0.15) is 0 Å². The standard InChI is InChI=1S/C27H26N2O3S/c1-5-19-14-22(27(31)32-4)26(33-19)29-25(30)21-15-24(28-23-9-7-6-8-20(21)23)18-12-10-17(11-13-18)16(2)3/h6-16H,5H2,1-4H3,(H,29,30). The maximum Gasteiger partial charge on any atom is 0.340 e. The predicted molar refractivity (Wildman–Crippen MR) is 134 cm³/mol. The Balaban J connectivity index is 1.76. The van der Waals surface area contributed by atoms with Crippen molar-refractivity contribution in [3.8, 4) is 11.3 Å². The van der Waals surface area contributed by atoms with E-state index >= 15 is 0 Å². The molecule has 2 aromatic carbocycles. The van der Waals surface area contributed by atoms with E-state index in [0.29, 0.717) is 22.0 Å². The highest BCUT2D eigenvalue weighted by Crippen LogP contribution is 2.31. The Morgan fingerprint density at radius 3 is 2.42 bits per heavy atom. The van der Waals surface area contributed by atoms with Gasteiger partial charge in [-0.25, -0.2) is 9.78 Å². The number of para-hydroxylation sites is 1. The summed E-state index contributed by atoms with van der Waals surface area (Å²) in [5, 5.41) is 4.19. The number of fused-ring (bicyclic) bond motifs is 1. The zero-order valence-electron chi connectivity index (χ0n) is 19.1. The van der Waals surface area contributed by atoms with Crippen LogP contribution in [0.3, 0.4) is 0 Å². The van der Waals surface area contributed by atoms with Gasteiger partial charge < -0.3 is 10.1 Å². The lowest BCUT2D eigenvalue weighted by Crippen LogP contribution is -2.14. The molecule has 0 aliphatic heterocycles. The molecule has 0 fully saturated rings. The molecule has 5 nitrogen and oxygen atoms in total. The van der Waals surface area contributed by atoms with Crippen LogP contribution in [0.15, 0.2) is 60.7 Å². The fourth-order valence-corrected chi connectivity index (χ4v) is 4.67. The smallest absolute Gasteiger partial charge is 0.340 e. The van der Waals surface area contributed by atoms with E-state index in [1.807, 2.05) is 49.4 Å². The predicted octanol–water partition coefficient (Wildman–Crippen LogP) is 6.69. The molecule has 2 aromatic heterocycles. The first kappa shape index (κ1) is 22.7. The molecule has 0 bridgehead atoms. The number of carbonyl (C=O) groups excluding carboxylic acids is 2. The van der Waals surface area contributed by atoms with Crippen molar-refractivity contribution in [2.24, 2.45) is 0 Å². The average molecular weight is 459 g/mol. The second kappa shape index (κ2) is 9.55. The quantitative estimate of drug-likeness (QED) is 0.327. The van der Waals surface area contributed by atoms with Gasteiger partial charge in [0.15, 0.2) is 0 Å². The Hall–Kier alpha value is -3.51. The van der Waals surface area contributed by atoms with E-state index in [1.54, 1.807) is 6.07 Å². The van der Waals surface area contributed by atoms with Gasteiger partial charge in [0, 0.05) is 15.8 Å². The Morgan fingerprint density at radius 2 is 1.76 bits per heavy atom. The van der Waals surface area contributed by atoms with Crippen molar-refractivity contribution in [1.29, 1.82) is 0 Å². The van der Waals surface area contributed by atoms with E-state index in [0.717, 1.165) is 33.5 Å². The number of benzene rings is 2. The zero-order valence-corrected chi connectivity index (χ0v) is 20.0. The molecule has 168 valence electrons. The Kier molecular flexibility index (Phi) is 6.56. The van der Waals surface area contributed by atoms with E-state index < -0.39 is 5.97 Å². The number of hydrogen-bond acceptors (Lipinski definition) is 5. The van der Waals surface area contributed by atoms with Gasteiger partial charge in [0.25, 0.3) is 5.91 Å². The first-order valence-corrected chi connectivity index (χ1v) is 11.8. The number of ether oxygens (including phenoxy) is 1. The third-order valence-electron chi connectivity index (χ3n) is 5.60. The van der Waals surface area contributed by atoms with Crippen LogP contribution >= 0.6 is 11.3 Å². The van der Waals surface area contributed by atoms with Crippen molar-refractivity contribution in [2.45, 2.75) is 33.1 Å². The Bertz CT molecular complexity index is 1320. The lowest BCUT2D eigenvalue weighted by atomic mass is 9.99. The Morgan fingerprint density at radius 1 is 1.03 bits per heavy atom. The molecule has 0 radical (unpaired) electrons. The van der Waals surface area contributed by atoms with Gasteiger partial charge in [-0.05, 0) is 36.1 Å². The molecule has 0 spiro atoms. The molecule has 0 saturated heterocycles. The second-order valence-electron chi connectivity index (χ2n) is 8.10. The van der Waals surface area contributed by atoms with E-state index in [4.69, 9.17) is 9.72 Å². The molecule has 1 N–H and O–H groups in total. The lowest BCUT2D eigenvalue weighted by molar-refractivity contribution is 0.0602. The maximum atomic E-state index is 13.4. The number of carbonyl (C=O) groups is 2. The van der Waals surface area contributed by atoms with Gasteiger partial charge in [0.2, 0.25) is 0 Å². The van der Waals surface area contributed by atoms with Crippen LogP contribution in [0.5, 0.6) is 0 Å². The molecule has 0 unspecified atom stereocenters. The van der Waals surface area contributed by atoms with Gasteiger partial charge in [0.05, 0.1) is 29.4 Å². The van der Waals surface area contributed by atoms with Crippen LogP contribution in [-0.2, 0) is 11.2 Å². The summed E-state index contributed by atoms with van der Waals surface area (Å²) in [4.78, 5) is 31.5. The summed E-state index contributed by atoms with van der Waals surface area (Å²) in [5.74, 6) is -0.317. The van der Waals surface area contributed by atoms with E-state index in [9.17, 15) is 9.59 Å². The van der Waals surface area contributed by atoms with Crippen LogP contribution in [0.2, 0.25) is 0 Å². The third kappa shape index (κ3) is 4.66. The van der Waals surface area contributed by atoms with Crippen LogP contribution < -0.4 is 5.32 Å². The third-order valence-corrected chi connectivity index (χ3v) is 6.79. The number of hydrogen-bond donors (Lipinski definition) is 1. The van der Waals surface area contributed by atoms with Crippen LogP contribution in [-0.4, -0.2) is 24.0 Å². The van der Waals surface area contributed by atoms with Gasteiger partial charge in [-0.15, -0.1) is 11.3 Å². The highest BCUT2D eigenvalue weighted by atomic mass is 32.1. The molecular formula is C27H26N2O3S. The number of anilines is 1. The van der Waals surface area contributed by atoms with E-state index in [-0.39, 0.29) is 5.91 Å². The summed E-state index contributed by atoms with van der Waals surface area (Å²) >= 11 is 1.39. The monoisotopic (exact) mass is 458 g/mol. The van der Waals surface area contributed by atoms with Crippen molar-refractivity contribution >= 4 is 39.1 Å². The summed E-state index contributed by atoms with van der Waals surface area (Å²) in [6, 6.07) is 19.4. The maximum absolute atomic E-state index is 13.4. The van der Waals surface area contributed by atoms with Crippen molar-refractivity contribution in [3.05, 3.63) is 82.2 Å². The molecule has 0 aliphatic carbocycles. The molecule has 1 amide bonds. The number of nitrogens with zero attached hydrogens (tertiary/aromatic N) is 1. The van der Waals surface area contributed by atoms with Gasteiger partial charge in [0.1, 0.15) is 5.00 Å². The molecule has 4 rings (SSSR count). The lowest BCUT2D eigenvalue weighted by Gasteiger charge is -2.12. The minimum atomic E-state index is -0.466. The van der Waals surface area contributed by atoms with E-state index in [2.05, 4.69) is 31.3 Å². The number of methoxy groups -OCH3 is 1. The van der Waals surface area contributed by atoms with Crippen LogP contribution in [0.1, 0.15) is 57.8 Å². The van der Waals surface area contributed by atoms with Gasteiger partial charge in [-0.3, -0.25) is 4.79 Å². The topological polar surface area (TPSA) is 68.3 Å². The highest BCUT2D eigenvalue weighted by molar-refractivity contribution is 7.16. The molecule has 4 aromatic rings. The van der Waals surface area contributed by atoms with Crippen LogP contribution in [0, 0.1) is 0 Å². The average Bonchev–Trinajstić information content (AvgIpc) is 3.25. The van der Waals surface area contributed by atoms with Crippen molar-refractivity contribution in [1.82, 2.24) is 4.98 Å². The van der Waals surface area contributed by atoms with E-state index in [1.165, 1.54) is 24.0 Å². The fourth-order valence-electron chi connectivity index (χ4n) is 3.69. The van der Waals surface area contributed by atoms with Crippen LogP contribution in [0.4, 0.5) is 5.00 Å². The number of aromatic nitrogens is 1. The largest absolute Gasteiger partial charge is 0.465 e. The Labute approximate surface area is 197 Å². The molecular weight excluding hydrogens is 432 g/mol. The minimum Gasteiger partial charge on any atom is -0.465 e. The van der Waals surface area contributed by atoms with Crippen molar-refractivity contribution in [3.63, 3.8) is 0 Å². The zero-order chi connectivity index (χ0) is 23.5. The number of aryl methyl sites for hydroxylation is 1. The summed E-state index contributed by atoms with van der Waals surface area (Å²) in [7, 11) is 1.34. The number of esters is 1. The first-order chi connectivity index (χ1) is 15.9. The SMILES string of the molecule is CCc1cc(C(=O)OC)c(NC(=O)c2cc(-c3ccc(C(C)C)cc3)nc3ccccc23)s1. The number of amides is 1. The van der Waals surface area contributed by atoms with Crippen molar-refractivity contribution < 1.29 is 14.3 Å². The summed E-state index contributed by atoms with van der Waals surface area (Å²) in [5.41, 5.74) is 4.53. The summed E-state index contributed by atoms with van der Waals surface area (Å²) in [6.07, 6.45) is 0.763. The van der Waals surface area contributed by atoms with Gasteiger partial charge >= 0.3 is 5.97 Å². The molecule has 0 atom stereocenters. The molecule has 6 heteroatoms. The summed E-state index contributed by atoms with van der Waals surface area (Å²) in [6.45, 7) is 6.32. The molecule has 2 heterocycles. The number of thiophene rings is 1. The summed E-state index contributed by atoms with van der Waals surface area (Å²) < 4.78 is 4.90. The van der Waals surface area contributed by atoms with Crippen molar-refractivity contribution in [2.75, 3.05) is 12.4 Å². The van der Waals surface area contributed by atoms with Crippen LogP contribution in [0.25, 0.3) is 22.2 Å². The number of rotatable bonds is 6. The minimum absolute atomic E-state index is 0.289. The molecule has 33 heavy (non-hydrogen) atoms. The second-order valence-corrected chi connectivity index (χ2v) is 9.24. The number of nitrogens with one attached hydrogen (secondary N) is 1. The fraction of sp³-hybridized carbons (Fsp3) is 0.222.